The second-order valence-electron chi connectivity index (χ2n) is 11.4. The number of hydrogen-bond acceptors (Lipinski definition) is 6. The first kappa shape index (κ1) is 33.1. The normalized spacial score (nSPS) is 25.9. The molecule has 1 N–H and O–H groups in total. The van der Waals surface area contributed by atoms with E-state index in [-0.39, 0.29) is 66.7 Å². The molecule has 0 aromatic carbocycles. The second-order valence-corrected chi connectivity index (χ2v) is 11.4. The molecule has 3 atom stereocenters. The molecule has 0 saturated carbocycles. The number of aromatic nitrogens is 1. The number of anilines is 1. The molecule has 0 aliphatic carbocycles. The van der Waals surface area contributed by atoms with E-state index in [1.165, 1.54) is 12.3 Å². The molecular weight excluding hydrogens is 535 g/mol. The highest BCUT2D eigenvalue weighted by Gasteiger charge is 2.42. The van der Waals surface area contributed by atoms with Crippen molar-refractivity contribution in [3.05, 3.63) is 23.5 Å². The molecule has 4 heterocycles. The smallest absolute Gasteiger partial charge is 0.274 e. The number of nitrogens with zero attached hydrogens (tertiary/aromatic N) is 4. The number of piperazine rings is 1. The number of fused-ring (bicyclic) bond motifs is 1. The lowest BCUT2D eigenvalue weighted by Gasteiger charge is -2.44. The van der Waals surface area contributed by atoms with Gasteiger partial charge in [0.25, 0.3) is 5.92 Å². The Morgan fingerprint density at radius 3 is 2.66 bits per heavy atom. The van der Waals surface area contributed by atoms with Crippen molar-refractivity contribution in [1.82, 2.24) is 20.1 Å². The summed E-state index contributed by atoms with van der Waals surface area (Å²) in [6.07, 6.45) is 2.48. The molecule has 0 unspecified atom stereocenters. The van der Waals surface area contributed by atoms with E-state index in [9.17, 15) is 13.6 Å². The van der Waals surface area contributed by atoms with E-state index < -0.39 is 5.92 Å². The minimum absolute atomic E-state index is 0. The van der Waals surface area contributed by atoms with Gasteiger partial charge in [0.15, 0.2) is 0 Å². The minimum atomic E-state index is -2.95. The third kappa shape index (κ3) is 7.15. The number of ether oxygens (including phenoxy) is 1. The molecule has 38 heavy (non-hydrogen) atoms. The molecule has 0 spiro atoms. The monoisotopic (exact) mass is 579 g/mol. The predicted molar refractivity (Wildman–Crippen MR) is 152 cm³/mol. The molecule has 0 bridgehead atoms. The summed E-state index contributed by atoms with van der Waals surface area (Å²) in [5.41, 5.74) is 0.764. The zero-order chi connectivity index (χ0) is 26.1. The molecule has 218 valence electrons. The molecular formula is C27H45Cl2F2N5O2. The number of nitrogens with one attached hydrogen (secondary N) is 1. The molecule has 1 aromatic heterocycles. The number of carbonyl (C=O) groups excluding carboxylic acids is 1. The fourth-order valence-corrected chi connectivity index (χ4v) is 5.86. The molecule has 11 heteroatoms. The van der Waals surface area contributed by atoms with Crippen LogP contribution in [0.5, 0.6) is 0 Å². The second kappa shape index (κ2) is 13.5. The Morgan fingerprint density at radius 1 is 1.24 bits per heavy atom. The van der Waals surface area contributed by atoms with Crippen LogP contribution in [0.15, 0.2) is 12.3 Å². The number of amides is 1. The number of alkyl halides is 2. The first-order valence-electron chi connectivity index (χ1n) is 13.5. The first-order valence-corrected chi connectivity index (χ1v) is 13.5. The molecule has 2 saturated heterocycles. The van der Waals surface area contributed by atoms with Crippen LogP contribution >= 0.6 is 24.8 Å². The first-order chi connectivity index (χ1) is 17.1. The number of pyridine rings is 1. The Balaban J connectivity index is 0.00000253. The fourth-order valence-electron chi connectivity index (χ4n) is 5.86. The minimum Gasteiger partial charge on any atom is -0.378 e. The number of hydrogen-bond donors (Lipinski definition) is 1. The Labute approximate surface area is 238 Å². The number of halogens is 4. The van der Waals surface area contributed by atoms with E-state index in [2.05, 4.69) is 33.9 Å². The van der Waals surface area contributed by atoms with Crippen LogP contribution in [0.2, 0.25) is 0 Å². The van der Waals surface area contributed by atoms with E-state index in [0.29, 0.717) is 24.7 Å². The zero-order valence-corrected chi connectivity index (χ0v) is 25.0. The number of morpholine rings is 1. The van der Waals surface area contributed by atoms with Crippen molar-refractivity contribution in [1.29, 1.82) is 0 Å². The van der Waals surface area contributed by atoms with Gasteiger partial charge >= 0.3 is 0 Å². The largest absolute Gasteiger partial charge is 0.378 e. The van der Waals surface area contributed by atoms with Gasteiger partial charge in [0.1, 0.15) is 0 Å². The van der Waals surface area contributed by atoms with Crippen molar-refractivity contribution in [2.24, 2.45) is 0 Å². The lowest BCUT2D eigenvalue weighted by molar-refractivity contribution is -0.121. The molecule has 3 aliphatic heterocycles. The van der Waals surface area contributed by atoms with Gasteiger partial charge in [-0.05, 0) is 19.4 Å². The maximum absolute atomic E-state index is 14.7. The summed E-state index contributed by atoms with van der Waals surface area (Å²) in [5.74, 6) is -3.00. The van der Waals surface area contributed by atoms with Gasteiger partial charge in [-0.2, -0.15) is 0 Å². The topological polar surface area (TPSA) is 60.9 Å². The fraction of sp³-hybridized carbons (Fsp3) is 0.778. The maximum Gasteiger partial charge on any atom is 0.274 e. The van der Waals surface area contributed by atoms with E-state index in [1.54, 1.807) is 11.8 Å². The van der Waals surface area contributed by atoms with E-state index in [0.717, 1.165) is 51.5 Å². The Kier molecular flexibility index (Phi) is 11.8. The van der Waals surface area contributed by atoms with Crippen LogP contribution in [-0.4, -0.2) is 91.3 Å². The van der Waals surface area contributed by atoms with E-state index in [4.69, 9.17) is 4.74 Å². The Bertz CT molecular complexity index is 939. The summed E-state index contributed by atoms with van der Waals surface area (Å²) < 4.78 is 35.1. The molecule has 0 radical (unpaired) electrons. The van der Waals surface area contributed by atoms with Crippen LogP contribution in [0.4, 0.5) is 14.5 Å². The average molecular weight is 581 g/mol. The molecule has 4 rings (SSSR count). The summed E-state index contributed by atoms with van der Waals surface area (Å²) in [6, 6.07) is 2.38. The SMILES string of the molecule is CCCC(F)(F)c1cnc2c(c1)N(C(=O)CN1C[C@@H](C)NC[C@@H]1CN1CCOC[C@H]1CC)CC2(C)C.Cl.Cl. The van der Waals surface area contributed by atoms with Crippen LogP contribution in [0.3, 0.4) is 0 Å². The highest BCUT2D eigenvalue weighted by molar-refractivity contribution is 5.97. The average Bonchev–Trinajstić information content (AvgIpc) is 3.11. The van der Waals surface area contributed by atoms with Gasteiger partial charge in [-0.25, -0.2) is 8.78 Å². The van der Waals surface area contributed by atoms with Crippen LogP contribution in [0, 0.1) is 0 Å². The summed E-state index contributed by atoms with van der Waals surface area (Å²) in [4.78, 5) is 24.6. The van der Waals surface area contributed by atoms with Crippen LogP contribution in [0.25, 0.3) is 0 Å². The Hall–Kier alpha value is -1.10. The maximum atomic E-state index is 14.7. The number of rotatable bonds is 8. The van der Waals surface area contributed by atoms with E-state index in [1.807, 2.05) is 13.8 Å². The zero-order valence-electron chi connectivity index (χ0n) is 23.3. The number of carbonyl (C=O) groups is 1. The molecule has 3 aliphatic rings. The molecule has 1 amide bonds. The van der Waals surface area contributed by atoms with Gasteiger partial charge in [0.05, 0.1) is 31.1 Å². The van der Waals surface area contributed by atoms with Crippen LogP contribution < -0.4 is 10.2 Å². The summed E-state index contributed by atoms with van der Waals surface area (Å²) in [6.45, 7) is 15.7. The van der Waals surface area contributed by atoms with Crippen molar-refractivity contribution in [2.75, 3.05) is 57.4 Å². The highest BCUT2D eigenvalue weighted by Crippen LogP contribution is 2.42. The van der Waals surface area contributed by atoms with Crippen LogP contribution in [-0.2, 0) is 20.9 Å². The Morgan fingerprint density at radius 2 is 1.97 bits per heavy atom. The highest BCUT2D eigenvalue weighted by atomic mass is 35.5. The van der Waals surface area contributed by atoms with E-state index >= 15 is 0 Å². The van der Waals surface area contributed by atoms with Gasteiger partial charge in [-0.15, -0.1) is 24.8 Å². The third-order valence-corrected chi connectivity index (χ3v) is 7.97. The summed E-state index contributed by atoms with van der Waals surface area (Å²) in [5, 5.41) is 3.57. The van der Waals surface area contributed by atoms with Crippen molar-refractivity contribution in [3.8, 4) is 0 Å². The summed E-state index contributed by atoms with van der Waals surface area (Å²) >= 11 is 0. The van der Waals surface area contributed by atoms with Gasteiger partial charge in [-0.3, -0.25) is 19.6 Å². The lowest BCUT2D eigenvalue weighted by atomic mass is 9.91. The van der Waals surface area contributed by atoms with Gasteiger partial charge in [0, 0.05) is 74.4 Å². The van der Waals surface area contributed by atoms with Gasteiger partial charge < -0.3 is 15.0 Å². The molecule has 7 nitrogen and oxygen atoms in total. The van der Waals surface area contributed by atoms with Crippen molar-refractivity contribution in [3.63, 3.8) is 0 Å². The predicted octanol–water partition coefficient (Wildman–Crippen LogP) is 4.21. The molecule has 1 aromatic rings. The standard InChI is InChI=1S/C27H43F2N5O2.2ClH/c1-6-8-27(28,29)20-11-23-25(31-12-20)26(4,5)18-34(23)24(35)16-33-14-19(3)30-13-22(33)15-32-9-10-36-17-21(32)7-2;;/h11-12,19,21-22,30H,6-10,13-18H2,1-5H3;2*1H/t19-,21-,22-;;/m1../s1. The molecule has 2 fully saturated rings. The van der Waals surface area contributed by atoms with Gasteiger partial charge in [-0.1, -0.05) is 34.1 Å². The van der Waals surface area contributed by atoms with Crippen molar-refractivity contribution >= 4 is 36.4 Å². The van der Waals surface area contributed by atoms with Gasteiger partial charge in [0.2, 0.25) is 5.91 Å². The summed E-state index contributed by atoms with van der Waals surface area (Å²) in [7, 11) is 0. The quantitative estimate of drug-likeness (QED) is 0.497. The third-order valence-electron chi connectivity index (χ3n) is 7.97. The van der Waals surface area contributed by atoms with Crippen molar-refractivity contribution in [2.45, 2.75) is 83.3 Å². The van der Waals surface area contributed by atoms with Crippen LogP contribution in [0.1, 0.15) is 65.1 Å². The lowest BCUT2D eigenvalue weighted by Crippen LogP contribution is -2.62. The van der Waals surface area contributed by atoms with Crippen molar-refractivity contribution < 1.29 is 18.3 Å².